The third kappa shape index (κ3) is 5.45. The van der Waals surface area contributed by atoms with Gasteiger partial charge in [0.1, 0.15) is 5.60 Å². The monoisotopic (exact) mass is 516 g/mol. The van der Waals surface area contributed by atoms with Crippen molar-refractivity contribution in [1.29, 1.82) is 0 Å². The number of benzene rings is 2. The van der Waals surface area contributed by atoms with Crippen LogP contribution in [0.5, 0.6) is 0 Å². The minimum atomic E-state index is -2.86. The fourth-order valence-corrected chi connectivity index (χ4v) is 11.7. The molecule has 0 radical (unpaired) electrons. The van der Waals surface area contributed by atoms with E-state index in [1.807, 2.05) is 7.11 Å². The molecule has 2 aliphatic heterocycles. The van der Waals surface area contributed by atoms with Gasteiger partial charge in [0, 0.05) is 12.7 Å². The van der Waals surface area contributed by atoms with Crippen LogP contribution < -0.4 is 0 Å². The van der Waals surface area contributed by atoms with Crippen molar-refractivity contribution in [3.05, 3.63) is 94.7 Å². The molecule has 1 fully saturated rings. The van der Waals surface area contributed by atoms with E-state index in [1.54, 1.807) is 0 Å². The van der Waals surface area contributed by atoms with Crippen LogP contribution in [0, 0.1) is 0 Å². The molecule has 2 atom stereocenters. The van der Waals surface area contributed by atoms with Gasteiger partial charge in [0.2, 0.25) is 0 Å². The van der Waals surface area contributed by atoms with E-state index < -0.39 is 14.2 Å². The summed E-state index contributed by atoms with van der Waals surface area (Å²) in [7, 11) is -1.05. The highest BCUT2D eigenvalue weighted by Crippen LogP contribution is 2.54. The minimum absolute atomic E-state index is 0.245. The summed E-state index contributed by atoms with van der Waals surface area (Å²) in [5.41, 5.74) is 3.73. The van der Waals surface area contributed by atoms with E-state index in [0.29, 0.717) is 12.1 Å². The first-order chi connectivity index (χ1) is 18.2. The van der Waals surface area contributed by atoms with Crippen LogP contribution in [0.1, 0.15) is 88.7 Å². The highest BCUT2D eigenvalue weighted by Gasteiger charge is 2.58. The molecule has 3 nitrogen and oxygen atoms in total. The molecule has 1 saturated carbocycles. The largest absolute Gasteiger partial charge is 0.387 e. The first-order valence-electron chi connectivity index (χ1n) is 14.6. The molecule has 2 unspecified atom stereocenters. The lowest BCUT2D eigenvalue weighted by Gasteiger charge is -2.50. The van der Waals surface area contributed by atoms with Crippen LogP contribution in [0.25, 0.3) is 0 Å². The van der Waals surface area contributed by atoms with Crippen molar-refractivity contribution in [3.8, 4) is 0 Å². The Hall–Kier alpha value is -1.98. The molecule has 0 amide bonds. The number of hydrogen-bond acceptors (Lipinski definition) is 3. The van der Waals surface area contributed by atoms with Crippen LogP contribution in [0.3, 0.4) is 0 Å². The average Bonchev–Trinajstić information content (AvgIpc) is 3.48. The third-order valence-electron chi connectivity index (χ3n) is 8.66. The molecule has 1 aliphatic carbocycles. The smallest absolute Gasteiger partial charge is 0.376 e. The van der Waals surface area contributed by atoms with Crippen molar-refractivity contribution in [3.63, 3.8) is 0 Å². The number of fused-ring (bicyclic) bond motifs is 1. The van der Waals surface area contributed by atoms with Crippen molar-refractivity contribution >= 4 is 8.56 Å². The van der Waals surface area contributed by atoms with Crippen LogP contribution in [0.2, 0.25) is 5.54 Å². The van der Waals surface area contributed by atoms with Gasteiger partial charge in [-0.15, -0.1) is 0 Å². The summed E-state index contributed by atoms with van der Waals surface area (Å²) in [6.07, 6.45) is 17.8. The number of unbranched alkanes of at least 4 members (excludes halogenated alkanes) is 2. The van der Waals surface area contributed by atoms with E-state index in [1.165, 1.54) is 66.8 Å². The molecule has 198 valence electrons. The normalized spacial score (nSPS) is 27.5. The van der Waals surface area contributed by atoms with Gasteiger partial charge in [-0.2, -0.15) is 0 Å². The van der Waals surface area contributed by atoms with E-state index in [2.05, 4.69) is 79.7 Å². The molecule has 37 heavy (non-hydrogen) atoms. The highest BCUT2D eigenvalue weighted by atomic mass is 28.4. The predicted molar refractivity (Wildman–Crippen MR) is 154 cm³/mol. The molecule has 5 rings (SSSR count). The number of rotatable bonds is 9. The molecule has 4 heteroatoms. The molecule has 3 aliphatic rings. The zero-order chi connectivity index (χ0) is 25.6. The molecular formula is C33H44O3Si. The van der Waals surface area contributed by atoms with Crippen LogP contribution >= 0.6 is 0 Å². The average molecular weight is 517 g/mol. The van der Waals surface area contributed by atoms with Gasteiger partial charge in [0.15, 0.2) is 0 Å². The van der Waals surface area contributed by atoms with Crippen LogP contribution in [0.4, 0.5) is 0 Å². The summed E-state index contributed by atoms with van der Waals surface area (Å²) in [6.45, 7) is 2.91. The van der Waals surface area contributed by atoms with E-state index in [0.717, 1.165) is 25.7 Å². The van der Waals surface area contributed by atoms with E-state index >= 15 is 0 Å². The molecule has 2 aromatic rings. The number of allylic oxidation sites excluding steroid dienone is 1. The lowest BCUT2D eigenvalue weighted by Crippen LogP contribution is -2.58. The summed E-state index contributed by atoms with van der Waals surface area (Å²) >= 11 is 0. The maximum Gasteiger partial charge on any atom is 0.376 e. The Kier molecular flexibility index (Phi) is 8.81. The summed E-state index contributed by atoms with van der Waals surface area (Å²) in [5, 5.41) is 1.36. The topological polar surface area (TPSA) is 27.7 Å². The van der Waals surface area contributed by atoms with Gasteiger partial charge >= 0.3 is 8.56 Å². The number of ether oxygens (including phenoxy) is 1. The van der Waals surface area contributed by atoms with Crippen molar-refractivity contribution in [2.24, 2.45) is 0 Å². The maximum absolute atomic E-state index is 7.89. The van der Waals surface area contributed by atoms with Crippen LogP contribution in [-0.4, -0.2) is 28.4 Å². The summed E-state index contributed by atoms with van der Waals surface area (Å²) in [5.74, 6) is 0. The Morgan fingerprint density at radius 2 is 1.59 bits per heavy atom. The second-order valence-corrected chi connectivity index (χ2v) is 14.2. The van der Waals surface area contributed by atoms with Crippen LogP contribution in [0.15, 0.2) is 83.6 Å². The van der Waals surface area contributed by atoms with Gasteiger partial charge in [0.05, 0.1) is 12.7 Å². The Bertz CT molecular complexity index is 1020. The van der Waals surface area contributed by atoms with E-state index in [4.69, 9.17) is 13.6 Å². The molecule has 0 saturated heterocycles. The van der Waals surface area contributed by atoms with Gasteiger partial charge in [0.25, 0.3) is 0 Å². The summed E-state index contributed by atoms with van der Waals surface area (Å²) in [4.78, 5) is 0. The SMILES string of the molecule is CCCCCC1CC=C2/C(COC)=C\CCC(c3ccccc3)(c3ccccc3)O[Si]2(C2CCCC2)O1. The fourth-order valence-electron chi connectivity index (χ4n) is 6.84. The quantitative estimate of drug-likeness (QED) is 0.247. The van der Waals surface area contributed by atoms with E-state index in [9.17, 15) is 0 Å². The molecule has 2 aromatic carbocycles. The standard InChI is InChI=1S/C33H44O3Si/c1-3-4-7-20-30-23-24-32-27(26-34-2)15-14-25-33(28-16-8-5-9-17-28,29-18-10-6-11-19-29)36-37(32,35-30)31-21-12-13-22-31/h5-6,8-11,15-19,24,30-31H,3-4,7,12-14,20-23,25-26H2,1-2H3/b27-15-. The molecule has 0 N–H and O–H groups in total. The summed E-state index contributed by atoms with van der Waals surface area (Å²) in [6, 6.07) is 21.9. The zero-order valence-electron chi connectivity index (χ0n) is 22.8. The Labute approximate surface area is 225 Å². The Morgan fingerprint density at radius 3 is 2.22 bits per heavy atom. The fraction of sp³-hybridized carbons (Fsp3) is 0.515. The summed E-state index contributed by atoms with van der Waals surface area (Å²) < 4.78 is 21.1. The predicted octanol–water partition coefficient (Wildman–Crippen LogP) is 8.53. The zero-order valence-corrected chi connectivity index (χ0v) is 23.8. The van der Waals surface area contributed by atoms with E-state index in [-0.39, 0.29) is 6.10 Å². The number of methoxy groups -OCH3 is 1. The van der Waals surface area contributed by atoms with Crippen molar-refractivity contribution in [1.82, 2.24) is 0 Å². The third-order valence-corrected chi connectivity index (χ3v) is 12.9. The molecule has 0 bridgehead atoms. The minimum Gasteiger partial charge on any atom is -0.387 e. The molecule has 0 spiro atoms. The Balaban J connectivity index is 1.68. The van der Waals surface area contributed by atoms with Gasteiger partial charge < -0.3 is 13.6 Å². The van der Waals surface area contributed by atoms with Crippen molar-refractivity contribution in [2.45, 2.75) is 94.8 Å². The second-order valence-electron chi connectivity index (χ2n) is 11.1. The maximum atomic E-state index is 7.89. The van der Waals surface area contributed by atoms with Gasteiger partial charge in [-0.3, -0.25) is 0 Å². The second kappa shape index (κ2) is 12.3. The first-order valence-corrected chi connectivity index (χ1v) is 16.5. The van der Waals surface area contributed by atoms with Crippen molar-refractivity contribution < 1.29 is 13.6 Å². The number of hydrogen-bond donors (Lipinski definition) is 0. The lowest BCUT2D eigenvalue weighted by molar-refractivity contribution is 0.0159. The molecular weight excluding hydrogens is 472 g/mol. The Morgan fingerprint density at radius 1 is 0.919 bits per heavy atom. The lowest BCUT2D eigenvalue weighted by atomic mass is 9.82. The first kappa shape index (κ1) is 26.6. The van der Waals surface area contributed by atoms with Crippen LogP contribution in [-0.2, 0) is 19.2 Å². The van der Waals surface area contributed by atoms with Crippen molar-refractivity contribution in [2.75, 3.05) is 13.7 Å². The highest BCUT2D eigenvalue weighted by molar-refractivity contribution is 6.78. The van der Waals surface area contributed by atoms with Gasteiger partial charge in [-0.05, 0) is 60.4 Å². The van der Waals surface area contributed by atoms with Gasteiger partial charge in [-0.1, -0.05) is 112 Å². The molecule has 0 aromatic heterocycles. The van der Waals surface area contributed by atoms with Gasteiger partial charge in [-0.25, -0.2) is 0 Å². The molecule has 2 heterocycles.